The largest absolute Gasteiger partial charge is 0.490 e. The number of anilines is 1. The Morgan fingerprint density at radius 2 is 1.61 bits per heavy atom. The van der Waals surface area contributed by atoms with E-state index in [2.05, 4.69) is 0 Å². The van der Waals surface area contributed by atoms with Crippen LogP contribution in [0, 0.1) is 0 Å². The number of nitrogen functional groups attached to an aromatic ring is 1. The molecule has 98 valence electrons. The van der Waals surface area contributed by atoms with Gasteiger partial charge in [0, 0.05) is 26.0 Å². The molecule has 1 aromatic rings. The molecule has 0 saturated heterocycles. The summed E-state index contributed by atoms with van der Waals surface area (Å²) in [4.78, 5) is 21.8. The van der Waals surface area contributed by atoms with Crippen molar-refractivity contribution in [1.82, 2.24) is 0 Å². The minimum atomic E-state index is -0.496. The Morgan fingerprint density at radius 1 is 1.06 bits per heavy atom. The number of carbonyl (C=O) groups is 2. The zero-order valence-electron chi connectivity index (χ0n) is 10.5. The Balaban J connectivity index is 3.15. The van der Waals surface area contributed by atoms with Gasteiger partial charge in [0.2, 0.25) is 0 Å². The number of carbonyl (C=O) groups excluding carboxylic acids is 2. The van der Waals surface area contributed by atoms with Crippen LogP contribution in [0.25, 0.3) is 0 Å². The second-order valence-electron chi connectivity index (χ2n) is 3.46. The molecule has 0 bridgehead atoms. The van der Waals surface area contributed by atoms with Gasteiger partial charge in [0.05, 0.1) is 12.3 Å². The molecule has 0 aliphatic heterocycles. The molecule has 0 amide bonds. The summed E-state index contributed by atoms with van der Waals surface area (Å²) < 4.78 is 15.2. The molecule has 0 aliphatic rings. The molecule has 0 aromatic heterocycles. The topological polar surface area (TPSA) is 87.8 Å². The lowest BCUT2D eigenvalue weighted by molar-refractivity contribution is -0.133. The average molecular weight is 253 g/mol. The predicted molar refractivity (Wildman–Crippen MR) is 64.6 cm³/mol. The lowest BCUT2D eigenvalue weighted by Gasteiger charge is -2.13. The van der Waals surface area contributed by atoms with E-state index in [0.717, 1.165) is 0 Å². The van der Waals surface area contributed by atoms with Crippen molar-refractivity contribution in [2.24, 2.45) is 0 Å². The lowest BCUT2D eigenvalue weighted by atomic mass is 10.2. The van der Waals surface area contributed by atoms with Gasteiger partial charge in [-0.1, -0.05) is 0 Å². The molecule has 1 rings (SSSR count). The Labute approximate surface area is 105 Å². The summed E-state index contributed by atoms with van der Waals surface area (Å²) >= 11 is 0. The number of ether oxygens (including phenoxy) is 3. The molecule has 0 spiro atoms. The quantitative estimate of drug-likeness (QED) is 0.497. The standard InChI is InChI=1S/C12H15NO5/c1-4-16-11-6-10(17-7(2)14)9(13)5-12(11)18-8(3)15/h5-6H,4,13H2,1-3H3. The van der Waals surface area contributed by atoms with Crippen LogP contribution in [0.3, 0.4) is 0 Å². The van der Waals surface area contributed by atoms with Gasteiger partial charge in [-0.2, -0.15) is 0 Å². The summed E-state index contributed by atoms with van der Waals surface area (Å²) in [5, 5.41) is 0. The van der Waals surface area contributed by atoms with E-state index in [9.17, 15) is 9.59 Å². The van der Waals surface area contributed by atoms with E-state index < -0.39 is 11.9 Å². The van der Waals surface area contributed by atoms with Crippen LogP contribution >= 0.6 is 0 Å². The molecule has 0 atom stereocenters. The van der Waals surface area contributed by atoms with Gasteiger partial charge in [-0.05, 0) is 6.92 Å². The Bertz CT molecular complexity index is 470. The fraction of sp³-hybridized carbons (Fsp3) is 0.333. The Morgan fingerprint density at radius 3 is 2.11 bits per heavy atom. The predicted octanol–water partition coefficient (Wildman–Crippen LogP) is 1.52. The SMILES string of the molecule is CCOc1cc(OC(C)=O)c(N)cc1OC(C)=O. The van der Waals surface area contributed by atoms with Crippen LogP contribution in [-0.2, 0) is 9.59 Å². The summed E-state index contributed by atoms with van der Waals surface area (Å²) in [6.45, 7) is 4.68. The smallest absolute Gasteiger partial charge is 0.308 e. The first-order chi connectivity index (χ1) is 8.43. The summed E-state index contributed by atoms with van der Waals surface area (Å²) in [5.74, 6) is -0.335. The fourth-order valence-corrected chi connectivity index (χ4v) is 1.30. The molecule has 6 heteroatoms. The molecule has 2 N–H and O–H groups in total. The zero-order valence-corrected chi connectivity index (χ0v) is 10.5. The van der Waals surface area contributed by atoms with E-state index in [1.54, 1.807) is 6.92 Å². The van der Waals surface area contributed by atoms with E-state index in [1.807, 2.05) is 0 Å². The van der Waals surface area contributed by atoms with Crippen LogP contribution < -0.4 is 19.9 Å². The average Bonchev–Trinajstić information content (AvgIpc) is 2.23. The first kappa shape index (κ1) is 13.8. The zero-order chi connectivity index (χ0) is 13.7. The third-order valence-corrected chi connectivity index (χ3v) is 1.88. The highest BCUT2D eigenvalue weighted by Gasteiger charge is 2.14. The maximum absolute atomic E-state index is 10.9. The molecular weight excluding hydrogens is 238 g/mol. The van der Waals surface area contributed by atoms with Crippen LogP contribution in [-0.4, -0.2) is 18.5 Å². The van der Waals surface area contributed by atoms with Crippen LogP contribution in [0.2, 0.25) is 0 Å². The summed E-state index contributed by atoms with van der Waals surface area (Å²) in [6, 6.07) is 2.79. The van der Waals surface area contributed by atoms with Crippen molar-refractivity contribution in [3.63, 3.8) is 0 Å². The van der Waals surface area contributed by atoms with E-state index in [4.69, 9.17) is 19.9 Å². The van der Waals surface area contributed by atoms with Crippen molar-refractivity contribution in [2.75, 3.05) is 12.3 Å². The Kier molecular flexibility index (Phi) is 4.53. The number of benzene rings is 1. The summed E-state index contributed by atoms with van der Waals surface area (Å²) in [6.07, 6.45) is 0. The molecule has 6 nitrogen and oxygen atoms in total. The molecule has 0 fully saturated rings. The van der Waals surface area contributed by atoms with E-state index >= 15 is 0 Å². The summed E-state index contributed by atoms with van der Waals surface area (Å²) in [5.41, 5.74) is 5.87. The van der Waals surface area contributed by atoms with Crippen molar-refractivity contribution in [3.8, 4) is 17.2 Å². The normalized spacial score (nSPS) is 9.72. The highest BCUT2D eigenvalue weighted by Crippen LogP contribution is 2.36. The maximum Gasteiger partial charge on any atom is 0.308 e. The van der Waals surface area contributed by atoms with Gasteiger partial charge in [-0.15, -0.1) is 0 Å². The molecule has 0 heterocycles. The van der Waals surface area contributed by atoms with Crippen molar-refractivity contribution in [2.45, 2.75) is 20.8 Å². The van der Waals surface area contributed by atoms with E-state index in [0.29, 0.717) is 6.61 Å². The molecular formula is C12H15NO5. The minimum Gasteiger partial charge on any atom is -0.490 e. The fourth-order valence-electron chi connectivity index (χ4n) is 1.30. The van der Waals surface area contributed by atoms with Crippen molar-refractivity contribution in [1.29, 1.82) is 0 Å². The van der Waals surface area contributed by atoms with Gasteiger partial charge in [0.1, 0.15) is 0 Å². The molecule has 1 aromatic carbocycles. The molecule has 0 radical (unpaired) electrons. The molecule has 18 heavy (non-hydrogen) atoms. The number of nitrogens with two attached hydrogens (primary N) is 1. The lowest BCUT2D eigenvalue weighted by Crippen LogP contribution is -2.08. The summed E-state index contributed by atoms with van der Waals surface area (Å²) in [7, 11) is 0. The van der Waals surface area contributed by atoms with Gasteiger partial charge >= 0.3 is 11.9 Å². The maximum atomic E-state index is 10.9. The van der Waals surface area contributed by atoms with Gasteiger partial charge in [-0.3, -0.25) is 9.59 Å². The molecule has 0 saturated carbocycles. The number of esters is 2. The van der Waals surface area contributed by atoms with E-state index in [1.165, 1.54) is 26.0 Å². The second-order valence-corrected chi connectivity index (χ2v) is 3.46. The second kappa shape index (κ2) is 5.90. The highest BCUT2D eigenvalue weighted by atomic mass is 16.6. The van der Waals surface area contributed by atoms with Crippen molar-refractivity contribution >= 4 is 17.6 Å². The number of hydrogen-bond donors (Lipinski definition) is 1. The van der Waals surface area contributed by atoms with Gasteiger partial charge in [-0.25, -0.2) is 0 Å². The molecule has 0 unspecified atom stereocenters. The van der Waals surface area contributed by atoms with Crippen molar-refractivity contribution in [3.05, 3.63) is 12.1 Å². The van der Waals surface area contributed by atoms with Gasteiger partial charge in [0.25, 0.3) is 0 Å². The first-order valence-electron chi connectivity index (χ1n) is 5.37. The first-order valence-corrected chi connectivity index (χ1v) is 5.37. The third-order valence-electron chi connectivity index (χ3n) is 1.88. The van der Waals surface area contributed by atoms with Gasteiger partial charge < -0.3 is 19.9 Å². The molecule has 0 aliphatic carbocycles. The van der Waals surface area contributed by atoms with Crippen molar-refractivity contribution < 1.29 is 23.8 Å². The third kappa shape index (κ3) is 3.65. The Hall–Kier alpha value is -2.24. The van der Waals surface area contributed by atoms with Gasteiger partial charge in [0.15, 0.2) is 17.2 Å². The minimum absolute atomic E-state index is 0.168. The monoisotopic (exact) mass is 253 g/mol. The van der Waals surface area contributed by atoms with Crippen LogP contribution in [0.15, 0.2) is 12.1 Å². The number of hydrogen-bond acceptors (Lipinski definition) is 6. The van der Waals surface area contributed by atoms with Crippen LogP contribution in [0.5, 0.6) is 17.2 Å². The highest BCUT2D eigenvalue weighted by molar-refractivity contribution is 5.75. The van der Waals surface area contributed by atoms with E-state index in [-0.39, 0.29) is 22.9 Å². The van der Waals surface area contributed by atoms with Crippen LogP contribution in [0.4, 0.5) is 5.69 Å². The number of rotatable bonds is 4. The van der Waals surface area contributed by atoms with Crippen LogP contribution in [0.1, 0.15) is 20.8 Å².